The molecule has 0 heterocycles. The van der Waals surface area contributed by atoms with Crippen LogP contribution in [-0.2, 0) is 0 Å². The largest absolute Gasteiger partial charge is 0.351 e. The van der Waals surface area contributed by atoms with Gasteiger partial charge in [0.15, 0.2) is 0 Å². The second kappa shape index (κ2) is 7.07. The Labute approximate surface area is 104 Å². The minimum Gasteiger partial charge on any atom is -0.351 e. The minimum atomic E-state index is 0.0268. The maximum atomic E-state index is 12.0. The van der Waals surface area contributed by atoms with E-state index in [1.54, 1.807) is 0 Å². The van der Waals surface area contributed by atoms with Crippen molar-refractivity contribution in [2.45, 2.75) is 27.2 Å². The number of carbonyl (C=O) groups is 1. The molecule has 0 spiro atoms. The van der Waals surface area contributed by atoms with Gasteiger partial charge in [0.1, 0.15) is 0 Å². The molecule has 0 aliphatic heterocycles. The molecule has 2 N–H and O–H groups in total. The highest BCUT2D eigenvalue weighted by atomic mass is 16.1. The van der Waals surface area contributed by atoms with E-state index in [4.69, 9.17) is 0 Å². The summed E-state index contributed by atoms with van der Waals surface area (Å²) >= 11 is 0. The smallest absolute Gasteiger partial charge is 0.251 e. The van der Waals surface area contributed by atoms with Crippen LogP contribution < -0.4 is 10.6 Å². The van der Waals surface area contributed by atoms with E-state index in [0.29, 0.717) is 6.54 Å². The van der Waals surface area contributed by atoms with Gasteiger partial charge in [-0.25, -0.2) is 0 Å². The summed E-state index contributed by atoms with van der Waals surface area (Å²) in [6.07, 6.45) is 1.12. The van der Waals surface area contributed by atoms with E-state index in [1.165, 1.54) is 0 Å². The summed E-state index contributed by atoms with van der Waals surface area (Å²) in [5, 5.41) is 6.19. The monoisotopic (exact) mass is 234 g/mol. The Bertz CT molecular complexity index is 354. The molecule has 0 atom stereocenters. The molecule has 1 aromatic rings. The summed E-state index contributed by atoms with van der Waals surface area (Å²) in [4.78, 5) is 12.0. The molecule has 17 heavy (non-hydrogen) atoms. The van der Waals surface area contributed by atoms with Gasteiger partial charge >= 0.3 is 0 Å². The number of nitrogens with one attached hydrogen (secondary N) is 2. The van der Waals surface area contributed by atoms with Crippen LogP contribution in [0.3, 0.4) is 0 Å². The molecule has 1 amide bonds. The van der Waals surface area contributed by atoms with Crippen molar-refractivity contribution < 1.29 is 4.79 Å². The lowest BCUT2D eigenvalue weighted by molar-refractivity contribution is 0.0952. The quantitative estimate of drug-likeness (QED) is 0.739. The number of hydrogen-bond donors (Lipinski definition) is 2. The van der Waals surface area contributed by atoms with Crippen molar-refractivity contribution in [1.82, 2.24) is 10.6 Å². The van der Waals surface area contributed by atoms with Gasteiger partial charge in [0.05, 0.1) is 0 Å². The first-order valence-corrected chi connectivity index (χ1v) is 6.22. The third-order valence-electron chi connectivity index (χ3n) is 2.72. The fraction of sp³-hybridized carbons (Fsp3) is 0.500. The van der Waals surface area contributed by atoms with E-state index in [-0.39, 0.29) is 5.91 Å². The lowest BCUT2D eigenvalue weighted by atomic mass is 10.0. The summed E-state index contributed by atoms with van der Waals surface area (Å²) in [5.74, 6) is 0.0268. The van der Waals surface area contributed by atoms with E-state index in [2.05, 4.69) is 17.6 Å². The highest BCUT2D eigenvalue weighted by Crippen LogP contribution is 2.12. The Morgan fingerprint density at radius 3 is 2.35 bits per heavy atom. The maximum absolute atomic E-state index is 12.0. The van der Waals surface area contributed by atoms with Gasteiger partial charge in [0, 0.05) is 18.7 Å². The van der Waals surface area contributed by atoms with Crippen LogP contribution in [0, 0.1) is 13.8 Å². The van der Waals surface area contributed by atoms with Gasteiger partial charge in [-0.2, -0.15) is 0 Å². The molecular weight excluding hydrogens is 212 g/mol. The molecule has 0 unspecified atom stereocenters. The average Bonchev–Trinajstić information content (AvgIpc) is 2.28. The number of amides is 1. The van der Waals surface area contributed by atoms with Gasteiger partial charge in [0.2, 0.25) is 0 Å². The van der Waals surface area contributed by atoms with E-state index >= 15 is 0 Å². The molecule has 0 aromatic heterocycles. The van der Waals surface area contributed by atoms with Crippen molar-refractivity contribution in [2.75, 3.05) is 19.6 Å². The molecule has 0 aliphatic carbocycles. The van der Waals surface area contributed by atoms with Gasteiger partial charge in [0.25, 0.3) is 5.91 Å². The molecule has 0 aliphatic rings. The lowest BCUT2D eigenvalue weighted by Gasteiger charge is -2.10. The number of benzene rings is 1. The molecule has 1 aromatic carbocycles. The van der Waals surface area contributed by atoms with E-state index in [1.807, 2.05) is 32.0 Å². The van der Waals surface area contributed by atoms with Crippen LogP contribution in [0.1, 0.15) is 34.8 Å². The molecule has 1 rings (SSSR count). The normalized spacial score (nSPS) is 10.3. The van der Waals surface area contributed by atoms with Crippen LogP contribution in [-0.4, -0.2) is 25.5 Å². The zero-order chi connectivity index (χ0) is 12.7. The van der Waals surface area contributed by atoms with Crippen molar-refractivity contribution in [1.29, 1.82) is 0 Å². The van der Waals surface area contributed by atoms with Crippen molar-refractivity contribution in [3.05, 3.63) is 34.9 Å². The van der Waals surface area contributed by atoms with Crippen LogP contribution >= 0.6 is 0 Å². The second-order valence-electron chi connectivity index (χ2n) is 4.27. The fourth-order valence-corrected chi connectivity index (χ4v) is 1.83. The molecule has 3 heteroatoms. The predicted molar refractivity (Wildman–Crippen MR) is 71.4 cm³/mol. The summed E-state index contributed by atoms with van der Waals surface area (Å²) in [5.41, 5.74) is 2.87. The van der Waals surface area contributed by atoms with Crippen molar-refractivity contribution in [3.63, 3.8) is 0 Å². The number of aryl methyl sites for hydroxylation is 2. The maximum Gasteiger partial charge on any atom is 0.251 e. The first kappa shape index (κ1) is 13.7. The number of hydrogen-bond acceptors (Lipinski definition) is 2. The Kier molecular flexibility index (Phi) is 5.70. The standard InChI is InChI=1S/C14H22N2O/c1-4-8-15-9-10-16-14(17)13-11(2)6-5-7-12(13)3/h5-7,15H,4,8-10H2,1-3H3,(H,16,17). The highest BCUT2D eigenvalue weighted by molar-refractivity contribution is 5.97. The zero-order valence-electron chi connectivity index (χ0n) is 11.0. The molecule has 3 nitrogen and oxygen atoms in total. The summed E-state index contributed by atoms with van der Waals surface area (Å²) in [7, 11) is 0. The second-order valence-corrected chi connectivity index (χ2v) is 4.27. The van der Waals surface area contributed by atoms with Gasteiger partial charge in [-0.05, 0) is 37.9 Å². The minimum absolute atomic E-state index is 0.0268. The Morgan fingerprint density at radius 2 is 1.76 bits per heavy atom. The van der Waals surface area contributed by atoms with E-state index in [9.17, 15) is 4.79 Å². The number of rotatable bonds is 6. The molecule has 0 saturated carbocycles. The summed E-state index contributed by atoms with van der Waals surface area (Å²) < 4.78 is 0. The van der Waals surface area contributed by atoms with Crippen LogP contribution in [0.5, 0.6) is 0 Å². The van der Waals surface area contributed by atoms with Crippen LogP contribution in [0.25, 0.3) is 0 Å². The van der Waals surface area contributed by atoms with Crippen LogP contribution in [0.4, 0.5) is 0 Å². The Morgan fingerprint density at radius 1 is 1.12 bits per heavy atom. The average molecular weight is 234 g/mol. The van der Waals surface area contributed by atoms with E-state index in [0.717, 1.165) is 36.2 Å². The van der Waals surface area contributed by atoms with Gasteiger partial charge in [-0.3, -0.25) is 4.79 Å². The Hall–Kier alpha value is -1.35. The third kappa shape index (κ3) is 4.19. The first-order valence-electron chi connectivity index (χ1n) is 6.22. The highest BCUT2D eigenvalue weighted by Gasteiger charge is 2.10. The molecule has 0 fully saturated rings. The van der Waals surface area contributed by atoms with Crippen LogP contribution in [0.2, 0.25) is 0 Å². The fourth-order valence-electron chi connectivity index (χ4n) is 1.83. The lowest BCUT2D eigenvalue weighted by Crippen LogP contribution is -2.32. The van der Waals surface area contributed by atoms with Gasteiger partial charge in [-0.15, -0.1) is 0 Å². The summed E-state index contributed by atoms with van der Waals surface area (Å²) in [6.45, 7) is 8.56. The van der Waals surface area contributed by atoms with Crippen LogP contribution in [0.15, 0.2) is 18.2 Å². The zero-order valence-corrected chi connectivity index (χ0v) is 11.0. The molecule has 0 saturated heterocycles. The first-order chi connectivity index (χ1) is 8.16. The third-order valence-corrected chi connectivity index (χ3v) is 2.72. The van der Waals surface area contributed by atoms with E-state index < -0.39 is 0 Å². The van der Waals surface area contributed by atoms with Crippen molar-refractivity contribution >= 4 is 5.91 Å². The van der Waals surface area contributed by atoms with Gasteiger partial charge in [-0.1, -0.05) is 25.1 Å². The molecule has 0 radical (unpaired) electrons. The Balaban J connectivity index is 2.47. The summed E-state index contributed by atoms with van der Waals surface area (Å²) in [6, 6.07) is 5.92. The molecule has 94 valence electrons. The molecule has 0 bridgehead atoms. The predicted octanol–water partition coefficient (Wildman–Crippen LogP) is 2.03. The van der Waals surface area contributed by atoms with Crippen molar-refractivity contribution in [3.8, 4) is 0 Å². The topological polar surface area (TPSA) is 41.1 Å². The number of carbonyl (C=O) groups excluding carboxylic acids is 1. The molecular formula is C14H22N2O. The SMILES string of the molecule is CCCNCCNC(=O)c1c(C)cccc1C. The van der Waals surface area contributed by atoms with Gasteiger partial charge < -0.3 is 10.6 Å². The van der Waals surface area contributed by atoms with Crippen molar-refractivity contribution in [2.24, 2.45) is 0 Å².